The van der Waals surface area contributed by atoms with Crippen molar-refractivity contribution in [1.29, 1.82) is 0 Å². The van der Waals surface area contributed by atoms with Crippen molar-refractivity contribution in [2.45, 2.75) is 112 Å². The van der Waals surface area contributed by atoms with Gasteiger partial charge in [0.05, 0.1) is 44.4 Å². The van der Waals surface area contributed by atoms with Crippen LogP contribution in [0, 0.1) is 19.0 Å². The summed E-state index contributed by atoms with van der Waals surface area (Å²) in [6.07, 6.45) is 1.81. The first-order valence-electron chi connectivity index (χ1n) is 29.3. The van der Waals surface area contributed by atoms with Gasteiger partial charge in [-0.2, -0.15) is 0 Å². The number of furan rings is 1. The van der Waals surface area contributed by atoms with Crippen molar-refractivity contribution in [1.82, 2.24) is 19.5 Å². The Kier molecular flexibility index (Phi) is 14.2. The predicted molar refractivity (Wildman–Crippen MR) is 342 cm³/mol. The van der Waals surface area contributed by atoms with Crippen molar-refractivity contribution in [3.8, 4) is 50.7 Å². The predicted octanol–water partition coefficient (Wildman–Crippen LogP) is 18.9. The molecule has 3 aromatic heterocycles. The molecule has 0 saturated carbocycles. The molecule has 8 heteroatoms. The average Bonchev–Trinajstić information content (AvgIpc) is 4.16. The third-order valence-electron chi connectivity index (χ3n) is 15.4. The SMILES string of the molecule is CC(C)(C)c1ccnc(-c2[c-]cccc2)n1.[2H]C([2H])([2H])c1cccc2nc(-c3[c-]ccc4c3oc3cc5c(ccc6ccccc65)cc34)n(-c3c(C(C)C)cc(-c4ccc(-c5cc([Si](C)(C)C)cc([Si](C)(C)C)c5)cc4)cc3C(C)C)c12.[Ir]. The number of para-hydroxylation sites is 1. The molecule has 0 amide bonds. The number of hydrogen-bond donors (Lipinski definition) is 0. The van der Waals surface area contributed by atoms with Gasteiger partial charge in [0.25, 0.3) is 0 Å². The van der Waals surface area contributed by atoms with Gasteiger partial charge in [-0.25, -0.2) is 0 Å². The Morgan fingerprint density at radius 2 is 1.23 bits per heavy atom. The molecule has 0 fully saturated rings. The van der Waals surface area contributed by atoms with Gasteiger partial charge in [-0.15, -0.1) is 54.1 Å². The molecule has 0 aliphatic carbocycles. The van der Waals surface area contributed by atoms with Crippen LogP contribution in [0.5, 0.6) is 0 Å². The third kappa shape index (κ3) is 10.8. The van der Waals surface area contributed by atoms with E-state index >= 15 is 0 Å². The van der Waals surface area contributed by atoms with Crippen LogP contribution in [0.4, 0.5) is 0 Å². The number of imidazole rings is 1. The van der Waals surface area contributed by atoms with E-state index in [1.54, 1.807) is 12.1 Å². The summed E-state index contributed by atoms with van der Waals surface area (Å²) in [5.41, 5.74) is 13.6. The van der Waals surface area contributed by atoms with Gasteiger partial charge in [-0.3, -0.25) is 15.0 Å². The summed E-state index contributed by atoms with van der Waals surface area (Å²) in [6.45, 7) is 27.6. The van der Waals surface area contributed by atoms with Gasteiger partial charge < -0.3 is 8.98 Å². The van der Waals surface area contributed by atoms with E-state index in [0.717, 1.165) is 72.2 Å². The maximum atomic E-state index is 8.82. The first kappa shape index (κ1) is 52.3. The Hall–Kier alpha value is -7.07. The van der Waals surface area contributed by atoms with Crippen LogP contribution >= 0.6 is 0 Å². The van der Waals surface area contributed by atoms with Crippen molar-refractivity contribution in [2.75, 3.05) is 0 Å². The van der Waals surface area contributed by atoms with Gasteiger partial charge in [-0.1, -0.05) is 200 Å². The molecule has 0 aliphatic rings. The Morgan fingerprint density at radius 1 is 0.575 bits per heavy atom. The molecular weight excluding hydrogens is 1190 g/mol. The summed E-state index contributed by atoms with van der Waals surface area (Å²) in [7, 11) is -3.11. The van der Waals surface area contributed by atoms with Gasteiger partial charge in [0.2, 0.25) is 0 Å². The topological polar surface area (TPSA) is 56.7 Å². The van der Waals surface area contributed by atoms with Gasteiger partial charge in [-0.05, 0) is 116 Å². The average molecular weight is 1260 g/mol. The molecule has 0 aliphatic heterocycles. The molecule has 0 N–H and O–H groups in total. The van der Waals surface area contributed by atoms with Crippen LogP contribution in [0.3, 0.4) is 0 Å². The van der Waals surface area contributed by atoms with E-state index in [9.17, 15) is 0 Å². The Morgan fingerprint density at radius 3 is 1.85 bits per heavy atom. The maximum absolute atomic E-state index is 8.82. The number of benzene rings is 9. The molecule has 0 saturated heterocycles. The van der Waals surface area contributed by atoms with E-state index in [2.05, 4.69) is 224 Å². The van der Waals surface area contributed by atoms with E-state index < -0.39 is 23.0 Å². The summed E-state index contributed by atoms with van der Waals surface area (Å²) in [5.74, 6) is 1.51. The van der Waals surface area contributed by atoms with Crippen molar-refractivity contribution in [3.63, 3.8) is 0 Å². The summed E-state index contributed by atoms with van der Waals surface area (Å²) in [5, 5.41) is 9.60. The molecule has 12 rings (SSSR count). The number of aryl methyl sites for hydroxylation is 1. The summed E-state index contributed by atoms with van der Waals surface area (Å²) in [4.78, 5) is 14.2. The second-order valence-electron chi connectivity index (χ2n) is 25.0. The summed E-state index contributed by atoms with van der Waals surface area (Å²) < 4.78 is 35.5. The minimum absolute atomic E-state index is 0. The zero-order valence-electron chi connectivity index (χ0n) is 51.4. The molecule has 80 heavy (non-hydrogen) atoms. The number of rotatable bonds is 9. The molecule has 0 atom stereocenters. The van der Waals surface area contributed by atoms with Gasteiger partial charge >= 0.3 is 0 Å². The molecule has 0 unspecified atom stereocenters. The van der Waals surface area contributed by atoms with Gasteiger partial charge in [0, 0.05) is 52.6 Å². The minimum Gasteiger partial charge on any atom is -0.501 e. The molecule has 3 heterocycles. The van der Waals surface area contributed by atoms with Gasteiger partial charge in [0.15, 0.2) is 0 Å². The van der Waals surface area contributed by atoms with Crippen molar-refractivity contribution in [2.24, 2.45) is 0 Å². The molecule has 1 radical (unpaired) electrons. The maximum Gasteiger partial charge on any atom is 0.121 e. The molecule has 0 spiro atoms. The smallest absolute Gasteiger partial charge is 0.121 e. The van der Waals surface area contributed by atoms with E-state index in [0.29, 0.717) is 28.0 Å². The van der Waals surface area contributed by atoms with E-state index in [1.807, 2.05) is 48.7 Å². The monoisotopic (exact) mass is 1260 g/mol. The first-order valence-corrected chi connectivity index (χ1v) is 34.8. The fourth-order valence-corrected chi connectivity index (χ4v) is 13.4. The zero-order valence-corrected chi connectivity index (χ0v) is 52.7. The molecular formula is C72H72IrN4OSi2-2. The second kappa shape index (κ2) is 21.8. The molecule has 9 aromatic carbocycles. The molecule has 5 nitrogen and oxygen atoms in total. The Bertz CT molecular complexity index is 4330. The van der Waals surface area contributed by atoms with Crippen LogP contribution in [0.2, 0.25) is 39.3 Å². The number of aromatic nitrogens is 4. The third-order valence-corrected chi connectivity index (χ3v) is 19.5. The minimum atomic E-state index is -2.39. The Labute approximate surface area is 493 Å². The zero-order chi connectivity index (χ0) is 58.2. The van der Waals surface area contributed by atoms with E-state index in [4.69, 9.17) is 13.5 Å². The summed E-state index contributed by atoms with van der Waals surface area (Å²) in [6, 6.07) is 64.1. The van der Waals surface area contributed by atoms with Gasteiger partial charge in [0.1, 0.15) is 5.58 Å². The molecule has 12 aromatic rings. The van der Waals surface area contributed by atoms with Crippen molar-refractivity contribution >= 4 is 81.0 Å². The Balaban J connectivity index is 0.000000390. The fraction of sp³-hybridized carbons (Fsp3) is 0.236. The summed E-state index contributed by atoms with van der Waals surface area (Å²) >= 11 is 0. The van der Waals surface area contributed by atoms with Crippen molar-refractivity contribution in [3.05, 3.63) is 205 Å². The van der Waals surface area contributed by atoms with Crippen molar-refractivity contribution < 1.29 is 28.6 Å². The van der Waals surface area contributed by atoms with Crippen LogP contribution in [0.1, 0.15) is 86.8 Å². The van der Waals surface area contributed by atoms with Crippen LogP contribution in [0.25, 0.3) is 105 Å². The quantitative estimate of drug-likeness (QED) is 0.0821. The number of nitrogens with zero attached hydrogens (tertiary/aromatic N) is 4. The second-order valence-corrected chi connectivity index (χ2v) is 35.1. The molecule has 405 valence electrons. The fourth-order valence-electron chi connectivity index (χ4n) is 10.9. The van der Waals surface area contributed by atoms with E-state index in [1.165, 1.54) is 32.3 Å². The normalized spacial score (nSPS) is 13.0. The largest absolute Gasteiger partial charge is 0.501 e. The van der Waals surface area contributed by atoms with Crippen LogP contribution in [0.15, 0.2) is 174 Å². The standard InChI is InChI=1S/C58H57N2OSi2.C14H15N2.Ir/c1-35(2)49-31-43(39-24-22-38(23-25-39)42-28-44(62(6,7)8)33-45(29-42)63(9,10)11)32-50(36(3)4)56(49)60-55-37(5)16-14-21-53(55)59-58(60)48-20-15-19-47-52-30-41-27-26-40-17-12-13-18-46(40)51(41)34-54(52)61-57(47)48;1-14(2,3)12-9-10-15-13(16-12)11-7-5-4-6-8-11;/h12-19,21-36H,1-11H3;4-7,9-10H,1-3H3;/q2*-1;/i5D3;;. The first-order chi connectivity index (χ1) is 38.8. The van der Waals surface area contributed by atoms with Crippen LogP contribution in [-0.2, 0) is 25.5 Å². The van der Waals surface area contributed by atoms with Crippen LogP contribution < -0.4 is 10.4 Å². The van der Waals surface area contributed by atoms with E-state index in [-0.39, 0.29) is 42.9 Å². The van der Waals surface area contributed by atoms with Crippen LogP contribution in [-0.4, -0.2) is 35.7 Å². The number of fused-ring (bicyclic) bond motifs is 7. The number of hydrogen-bond acceptors (Lipinski definition) is 4. The molecule has 0 bridgehead atoms.